The Bertz CT molecular complexity index is 1730. The molecular weight excluding hydrogens is 454 g/mol. The van der Waals surface area contributed by atoms with E-state index in [0.29, 0.717) is 18.2 Å². The highest BCUT2D eigenvalue weighted by Gasteiger charge is 2.15. The summed E-state index contributed by atoms with van der Waals surface area (Å²) >= 11 is 0. The number of hydrogen-bond acceptors (Lipinski definition) is 2. The summed E-state index contributed by atoms with van der Waals surface area (Å²) in [7, 11) is 0. The molecule has 0 saturated carbocycles. The van der Waals surface area contributed by atoms with Crippen molar-refractivity contribution in [2.45, 2.75) is 6.54 Å². The van der Waals surface area contributed by atoms with Crippen molar-refractivity contribution in [3.05, 3.63) is 144 Å². The second-order valence-electron chi connectivity index (χ2n) is 8.85. The Morgan fingerprint density at radius 1 is 0.649 bits per heavy atom. The van der Waals surface area contributed by atoms with Crippen LogP contribution in [-0.4, -0.2) is 11.7 Å². The van der Waals surface area contributed by atoms with E-state index in [0.717, 1.165) is 49.8 Å². The van der Waals surface area contributed by atoms with E-state index in [1.165, 1.54) is 0 Å². The highest BCUT2D eigenvalue weighted by Crippen LogP contribution is 2.34. The average Bonchev–Trinajstić information content (AvgIpc) is 3.34. The molecule has 2 N–H and O–H groups in total. The summed E-state index contributed by atoms with van der Waals surface area (Å²) in [5.74, 6) is 0.995. The molecule has 0 bridgehead atoms. The zero-order chi connectivity index (χ0) is 25.0. The summed E-state index contributed by atoms with van der Waals surface area (Å²) in [6.45, 7) is 0.517. The summed E-state index contributed by atoms with van der Waals surface area (Å²) in [5, 5.41) is 1.96. The minimum atomic E-state index is 0.399. The maximum absolute atomic E-state index is 6.67. The number of aliphatic imine (C=N–C) groups is 2. The van der Waals surface area contributed by atoms with E-state index in [4.69, 9.17) is 20.1 Å². The van der Waals surface area contributed by atoms with Gasteiger partial charge in [-0.1, -0.05) is 109 Å². The smallest absolute Gasteiger partial charge is 0.157 e. The van der Waals surface area contributed by atoms with Gasteiger partial charge in [0.05, 0.1) is 6.54 Å². The molecule has 4 nitrogen and oxygen atoms in total. The van der Waals surface area contributed by atoms with Gasteiger partial charge in [-0.15, -0.1) is 0 Å². The van der Waals surface area contributed by atoms with Crippen molar-refractivity contribution in [2.75, 3.05) is 0 Å². The highest BCUT2D eigenvalue weighted by atomic mass is 16.3. The zero-order valence-corrected chi connectivity index (χ0v) is 20.2. The van der Waals surface area contributed by atoms with Crippen LogP contribution in [0.3, 0.4) is 0 Å². The lowest BCUT2D eigenvalue weighted by molar-refractivity contribution is 0.669. The third-order valence-corrected chi connectivity index (χ3v) is 6.39. The molecule has 0 saturated heterocycles. The Hall–Kier alpha value is -4.96. The van der Waals surface area contributed by atoms with Crippen molar-refractivity contribution in [3.8, 4) is 11.1 Å². The van der Waals surface area contributed by atoms with E-state index in [1.54, 1.807) is 0 Å². The first kappa shape index (κ1) is 22.5. The number of benzene rings is 5. The van der Waals surface area contributed by atoms with Crippen molar-refractivity contribution in [3.63, 3.8) is 0 Å². The van der Waals surface area contributed by atoms with Crippen LogP contribution < -0.4 is 5.73 Å². The van der Waals surface area contributed by atoms with Gasteiger partial charge < -0.3 is 10.2 Å². The van der Waals surface area contributed by atoms with Crippen LogP contribution in [0.2, 0.25) is 0 Å². The van der Waals surface area contributed by atoms with Gasteiger partial charge in [-0.3, -0.25) is 4.99 Å². The summed E-state index contributed by atoms with van der Waals surface area (Å²) in [5.41, 5.74) is 13.4. The molecule has 0 fully saturated rings. The van der Waals surface area contributed by atoms with Crippen LogP contribution in [0.1, 0.15) is 16.7 Å². The molecule has 6 aromatic rings. The minimum absolute atomic E-state index is 0.399. The lowest BCUT2D eigenvalue weighted by Crippen LogP contribution is -2.16. The second kappa shape index (κ2) is 9.96. The molecule has 0 unspecified atom stereocenters. The molecule has 0 radical (unpaired) electrons. The first-order valence-electron chi connectivity index (χ1n) is 12.3. The molecular formula is C33H25N3O. The van der Waals surface area contributed by atoms with Crippen LogP contribution in [0, 0.1) is 0 Å². The maximum Gasteiger partial charge on any atom is 0.157 e. The van der Waals surface area contributed by atoms with E-state index < -0.39 is 0 Å². The number of nitrogens with two attached hydrogens (primary N) is 1. The van der Waals surface area contributed by atoms with Crippen LogP contribution in [0.5, 0.6) is 0 Å². The Morgan fingerprint density at radius 3 is 2.11 bits per heavy atom. The van der Waals surface area contributed by atoms with Crippen molar-refractivity contribution in [1.82, 2.24) is 0 Å². The fourth-order valence-corrected chi connectivity index (χ4v) is 4.55. The van der Waals surface area contributed by atoms with Gasteiger partial charge in [0, 0.05) is 21.9 Å². The fourth-order valence-electron chi connectivity index (χ4n) is 4.55. The molecule has 5 aromatic carbocycles. The number of rotatable bonds is 5. The third kappa shape index (κ3) is 4.65. The standard InChI is InChI=1S/C33H25N3O/c34-32(36-33(25-15-8-3-9-16-25)35-22-23-11-4-1-5-12-23)28-17-10-18-29-31(28)27-20-19-26(21-30(27)37-29)24-13-6-2-7-14-24/h1-21H,22H2,(H2,34,35,36). The molecule has 1 heterocycles. The Kier molecular flexibility index (Phi) is 6.05. The van der Waals surface area contributed by atoms with E-state index >= 15 is 0 Å². The quantitative estimate of drug-likeness (QED) is 0.204. The molecule has 0 aliphatic rings. The average molecular weight is 480 g/mol. The molecule has 6 rings (SSSR count). The van der Waals surface area contributed by atoms with Gasteiger partial charge in [0.25, 0.3) is 0 Å². The molecule has 0 aliphatic carbocycles. The van der Waals surface area contributed by atoms with Crippen LogP contribution >= 0.6 is 0 Å². The van der Waals surface area contributed by atoms with Crippen molar-refractivity contribution in [2.24, 2.45) is 15.7 Å². The van der Waals surface area contributed by atoms with E-state index in [9.17, 15) is 0 Å². The normalized spacial score (nSPS) is 12.3. The monoisotopic (exact) mass is 479 g/mol. The highest BCUT2D eigenvalue weighted by molar-refractivity contribution is 6.20. The number of nitrogens with zero attached hydrogens (tertiary/aromatic N) is 2. The second-order valence-corrected chi connectivity index (χ2v) is 8.85. The summed E-state index contributed by atoms with van der Waals surface area (Å²) in [6, 6.07) is 42.6. The summed E-state index contributed by atoms with van der Waals surface area (Å²) in [6.07, 6.45) is 0. The Labute approximate surface area is 215 Å². The first-order valence-corrected chi connectivity index (χ1v) is 12.3. The first-order chi connectivity index (χ1) is 18.3. The molecule has 0 spiro atoms. The summed E-state index contributed by atoms with van der Waals surface area (Å²) in [4.78, 5) is 9.67. The molecule has 0 amide bonds. The molecule has 178 valence electrons. The van der Waals surface area contributed by atoms with Gasteiger partial charge in [0.2, 0.25) is 0 Å². The minimum Gasteiger partial charge on any atom is -0.456 e. The van der Waals surface area contributed by atoms with Gasteiger partial charge in [-0.25, -0.2) is 4.99 Å². The van der Waals surface area contributed by atoms with Crippen molar-refractivity contribution >= 4 is 33.6 Å². The predicted octanol–water partition coefficient (Wildman–Crippen LogP) is 7.61. The van der Waals surface area contributed by atoms with E-state index in [-0.39, 0.29) is 0 Å². The topological polar surface area (TPSA) is 63.9 Å². The Morgan fingerprint density at radius 2 is 1.35 bits per heavy atom. The zero-order valence-electron chi connectivity index (χ0n) is 20.2. The lowest BCUT2D eigenvalue weighted by atomic mass is 10.0. The third-order valence-electron chi connectivity index (χ3n) is 6.39. The van der Waals surface area contributed by atoms with Crippen LogP contribution in [0.4, 0.5) is 0 Å². The fraction of sp³-hybridized carbons (Fsp3) is 0.0303. The van der Waals surface area contributed by atoms with Gasteiger partial charge in [0.15, 0.2) is 5.84 Å². The molecule has 0 aliphatic heterocycles. The lowest BCUT2D eigenvalue weighted by Gasteiger charge is -2.07. The number of hydrogen-bond donors (Lipinski definition) is 1. The van der Waals surface area contributed by atoms with Gasteiger partial charge in [0.1, 0.15) is 17.0 Å². The van der Waals surface area contributed by atoms with Crippen molar-refractivity contribution in [1.29, 1.82) is 0 Å². The number of fused-ring (bicyclic) bond motifs is 3. The largest absolute Gasteiger partial charge is 0.456 e. The van der Waals surface area contributed by atoms with Crippen molar-refractivity contribution < 1.29 is 4.42 Å². The molecule has 37 heavy (non-hydrogen) atoms. The van der Waals surface area contributed by atoms with Gasteiger partial charge >= 0.3 is 0 Å². The van der Waals surface area contributed by atoms with Crippen LogP contribution in [0.25, 0.3) is 33.1 Å². The number of furan rings is 1. The Balaban J connectivity index is 1.44. The predicted molar refractivity (Wildman–Crippen MR) is 153 cm³/mol. The molecule has 1 aromatic heterocycles. The van der Waals surface area contributed by atoms with Gasteiger partial charge in [-0.2, -0.15) is 0 Å². The van der Waals surface area contributed by atoms with Gasteiger partial charge in [-0.05, 0) is 34.9 Å². The SMILES string of the molecule is NC(=NC(=NCc1ccccc1)c1ccccc1)c1cccc2oc3cc(-c4ccccc4)ccc3c12. The molecule has 0 atom stereocenters. The van der Waals surface area contributed by atoms with E-state index in [2.05, 4.69) is 42.5 Å². The van der Waals surface area contributed by atoms with Crippen LogP contribution in [0.15, 0.2) is 142 Å². The molecule has 4 heteroatoms. The number of amidine groups is 2. The van der Waals surface area contributed by atoms with E-state index in [1.807, 2.05) is 84.9 Å². The summed E-state index contributed by atoms with van der Waals surface area (Å²) < 4.78 is 6.26. The van der Waals surface area contributed by atoms with Crippen LogP contribution in [-0.2, 0) is 6.54 Å². The maximum atomic E-state index is 6.67.